The van der Waals surface area contributed by atoms with Crippen LogP contribution in [0.15, 0.2) is 24.3 Å². The van der Waals surface area contributed by atoms with Crippen LogP contribution in [0.2, 0.25) is 0 Å². The molecule has 1 aliphatic rings. The number of hydrogen-bond acceptors (Lipinski definition) is 1. The third-order valence-corrected chi connectivity index (χ3v) is 3.56. The molecule has 88 valence electrons. The summed E-state index contributed by atoms with van der Waals surface area (Å²) < 4.78 is 13.2. The Kier molecular flexibility index (Phi) is 3.29. The van der Waals surface area contributed by atoms with E-state index in [0.717, 1.165) is 25.1 Å². The normalized spacial score (nSPS) is 18.5. The average Bonchev–Trinajstić information content (AvgIpc) is 2.15. The Morgan fingerprint density at radius 1 is 1.38 bits per heavy atom. The average molecular weight is 221 g/mol. The second-order valence-electron chi connectivity index (χ2n) is 5.33. The smallest absolute Gasteiger partial charge is 0.123 e. The molecule has 0 spiro atoms. The first-order chi connectivity index (χ1) is 7.62. The Hall–Kier alpha value is -0.890. The van der Waals surface area contributed by atoms with E-state index in [1.807, 2.05) is 6.07 Å². The van der Waals surface area contributed by atoms with Crippen LogP contribution in [0, 0.1) is 11.7 Å². The van der Waals surface area contributed by atoms with Crippen LogP contribution >= 0.6 is 0 Å². The van der Waals surface area contributed by atoms with Gasteiger partial charge in [0.15, 0.2) is 0 Å². The van der Waals surface area contributed by atoms with Gasteiger partial charge >= 0.3 is 0 Å². The first-order valence-corrected chi connectivity index (χ1v) is 6.09. The zero-order chi connectivity index (χ0) is 11.6. The highest BCUT2D eigenvalue weighted by Crippen LogP contribution is 2.34. The Bertz CT molecular complexity index is 356. The third kappa shape index (κ3) is 2.27. The lowest BCUT2D eigenvalue weighted by atomic mass is 9.71. The van der Waals surface area contributed by atoms with Crippen molar-refractivity contribution in [1.29, 1.82) is 0 Å². The fraction of sp³-hybridized carbons (Fsp3) is 0.571. The van der Waals surface area contributed by atoms with Crippen molar-refractivity contribution in [1.82, 2.24) is 5.32 Å². The topological polar surface area (TPSA) is 12.0 Å². The largest absolute Gasteiger partial charge is 0.315 e. The molecule has 1 aromatic rings. The summed E-state index contributed by atoms with van der Waals surface area (Å²) in [6, 6.07) is 7.09. The summed E-state index contributed by atoms with van der Waals surface area (Å²) in [6.07, 6.45) is 2.36. The molecular formula is C14H20FN. The molecule has 0 atom stereocenters. The van der Waals surface area contributed by atoms with Crippen LogP contribution in [-0.4, -0.2) is 13.1 Å². The molecule has 2 heteroatoms. The fourth-order valence-corrected chi connectivity index (χ4v) is 2.34. The summed E-state index contributed by atoms with van der Waals surface area (Å²) in [7, 11) is 0. The van der Waals surface area contributed by atoms with E-state index in [9.17, 15) is 4.39 Å². The molecule has 0 unspecified atom stereocenters. The first-order valence-electron chi connectivity index (χ1n) is 6.09. The molecule has 0 aliphatic carbocycles. The number of nitrogens with one attached hydrogen (secondary N) is 1. The lowest BCUT2D eigenvalue weighted by molar-refractivity contribution is 0.241. The third-order valence-electron chi connectivity index (χ3n) is 3.56. The van der Waals surface area contributed by atoms with E-state index in [-0.39, 0.29) is 11.2 Å². The molecule has 1 fully saturated rings. The van der Waals surface area contributed by atoms with E-state index < -0.39 is 0 Å². The monoisotopic (exact) mass is 221 g/mol. The van der Waals surface area contributed by atoms with Gasteiger partial charge in [-0.05, 0) is 30.0 Å². The molecule has 1 N–H and O–H groups in total. The van der Waals surface area contributed by atoms with Gasteiger partial charge in [0.1, 0.15) is 5.82 Å². The van der Waals surface area contributed by atoms with E-state index in [4.69, 9.17) is 0 Å². The van der Waals surface area contributed by atoms with E-state index in [1.165, 1.54) is 12.5 Å². The molecule has 1 aromatic carbocycles. The summed E-state index contributed by atoms with van der Waals surface area (Å²) in [5.74, 6) is 0.597. The summed E-state index contributed by atoms with van der Waals surface area (Å²) in [5, 5.41) is 3.32. The Balaban J connectivity index is 2.14. The maximum absolute atomic E-state index is 13.2. The molecule has 0 amide bonds. The number of rotatable bonds is 4. The predicted molar refractivity (Wildman–Crippen MR) is 65.0 cm³/mol. The van der Waals surface area contributed by atoms with Crippen LogP contribution in [0.3, 0.4) is 0 Å². The highest BCUT2D eigenvalue weighted by molar-refractivity contribution is 5.30. The highest BCUT2D eigenvalue weighted by atomic mass is 19.1. The van der Waals surface area contributed by atoms with Gasteiger partial charge in [-0.1, -0.05) is 32.4 Å². The van der Waals surface area contributed by atoms with Crippen molar-refractivity contribution in [3.05, 3.63) is 35.6 Å². The predicted octanol–water partition coefficient (Wildman–Crippen LogP) is 3.10. The summed E-state index contributed by atoms with van der Waals surface area (Å²) in [5.41, 5.74) is 1.35. The van der Waals surface area contributed by atoms with E-state index in [0.29, 0.717) is 5.92 Å². The van der Waals surface area contributed by atoms with E-state index >= 15 is 0 Å². The molecule has 0 aromatic heterocycles. The van der Waals surface area contributed by atoms with Crippen molar-refractivity contribution >= 4 is 0 Å². The summed E-state index contributed by atoms with van der Waals surface area (Å²) >= 11 is 0. The van der Waals surface area contributed by atoms with Crippen LogP contribution in [0.1, 0.15) is 32.3 Å². The molecule has 0 radical (unpaired) electrons. The maximum atomic E-state index is 13.2. The number of hydrogen-bond donors (Lipinski definition) is 1. The molecule has 1 aliphatic heterocycles. The Labute approximate surface area is 97.1 Å². The Morgan fingerprint density at radius 2 is 2.12 bits per heavy atom. The maximum Gasteiger partial charge on any atom is 0.123 e. The van der Waals surface area contributed by atoms with Crippen LogP contribution in [0.5, 0.6) is 0 Å². The van der Waals surface area contributed by atoms with Crippen LogP contribution in [0.4, 0.5) is 4.39 Å². The van der Waals surface area contributed by atoms with E-state index in [2.05, 4.69) is 25.2 Å². The van der Waals surface area contributed by atoms with Gasteiger partial charge in [-0.15, -0.1) is 0 Å². The van der Waals surface area contributed by atoms with Crippen LogP contribution in [-0.2, 0) is 5.41 Å². The number of benzene rings is 1. The number of halogens is 1. The van der Waals surface area contributed by atoms with Crippen LogP contribution < -0.4 is 5.32 Å². The van der Waals surface area contributed by atoms with Gasteiger partial charge in [0, 0.05) is 18.5 Å². The second kappa shape index (κ2) is 4.54. The lowest BCUT2D eigenvalue weighted by Gasteiger charge is -2.44. The van der Waals surface area contributed by atoms with E-state index in [1.54, 1.807) is 6.07 Å². The van der Waals surface area contributed by atoms with Gasteiger partial charge in [0.2, 0.25) is 0 Å². The van der Waals surface area contributed by atoms with Gasteiger partial charge in [-0.25, -0.2) is 4.39 Å². The SMILES string of the molecule is CC(C)CCC1(c2cccc(F)c2)CNC1. The molecule has 2 rings (SSSR count). The minimum atomic E-state index is -0.117. The van der Waals surface area contributed by atoms with Gasteiger partial charge in [-0.3, -0.25) is 0 Å². The van der Waals surface area contributed by atoms with Crippen molar-refractivity contribution in [2.24, 2.45) is 5.92 Å². The fourth-order valence-electron chi connectivity index (χ4n) is 2.34. The quantitative estimate of drug-likeness (QED) is 0.823. The lowest BCUT2D eigenvalue weighted by Crippen LogP contribution is -2.56. The zero-order valence-electron chi connectivity index (χ0n) is 10.1. The summed E-state index contributed by atoms with van der Waals surface area (Å²) in [4.78, 5) is 0. The molecule has 16 heavy (non-hydrogen) atoms. The highest BCUT2D eigenvalue weighted by Gasteiger charge is 2.38. The Morgan fingerprint density at radius 3 is 2.62 bits per heavy atom. The zero-order valence-corrected chi connectivity index (χ0v) is 10.1. The van der Waals surface area contributed by atoms with Crippen molar-refractivity contribution in [3.63, 3.8) is 0 Å². The van der Waals surface area contributed by atoms with Crippen molar-refractivity contribution in [3.8, 4) is 0 Å². The van der Waals surface area contributed by atoms with Crippen molar-refractivity contribution in [2.75, 3.05) is 13.1 Å². The van der Waals surface area contributed by atoms with Gasteiger partial charge in [-0.2, -0.15) is 0 Å². The standard InChI is InChI=1S/C14H20FN/c1-11(2)6-7-14(9-16-10-14)12-4-3-5-13(15)8-12/h3-5,8,11,16H,6-7,9-10H2,1-2H3. The summed E-state index contributed by atoms with van der Waals surface area (Å²) in [6.45, 7) is 6.46. The minimum absolute atomic E-state index is 0.117. The second-order valence-corrected chi connectivity index (χ2v) is 5.33. The van der Waals surface area contributed by atoms with Gasteiger partial charge in [0.25, 0.3) is 0 Å². The van der Waals surface area contributed by atoms with Crippen LogP contribution in [0.25, 0.3) is 0 Å². The first kappa shape index (κ1) is 11.6. The van der Waals surface area contributed by atoms with Crippen molar-refractivity contribution in [2.45, 2.75) is 32.1 Å². The van der Waals surface area contributed by atoms with Gasteiger partial charge < -0.3 is 5.32 Å². The molecule has 0 saturated carbocycles. The molecule has 1 heterocycles. The molecule has 1 nitrogen and oxygen atoms in total. The molecule has 0 bridgehead atoms. The van der Waals surface area contributed by atoms with Gasteiger partial charge in [0.05, 0.1) is 0 Å². The minimum Gasteiger partial charge on any atom is -0.315 e. The molecule has 1 saturated heterocycles. The van der Waals surface area contributed by atoms with Crippen molar-refractivity contribution < 1.29 is 4.39 Å². The molecular weight excluding hydrogens is 201 g/mol.